The van der Waals surface area contributed by atoms with Crippen LogP contribution in [-0.2, 0) is 11.2 Å². The highest BCUT2D eigenvalue weighted by Crippen LogP contribution is 2.21. The molecule has 0 fully saturated rings. The number of hydrogen-bond donors (Lipinski definition) is 1. The van der Waals surface area contributed by atoms with E-state index in [1.165, 1.54) is 0 Å². The van der Waals surface area contributed by atoms with Gasteiger partial charge in [0.25, 0.3) is 0 Å². The Bertz CT molecular complexity index is 1050. The number of nitrogens with zero attached hydrogens (tertiary/aromatic N) is 4. The first-order chi connectivity index (χ1) is 12.2. The van der Waals surface area contributed by atoms with Gasteiger partial charge in [0.05, 0.1) is 12.1 Å². The van der Waals surface area contributed by atoms with Crippen molar-refractivity contribution in [3.63, 3.8) is 0 Å². The highest BCUT2D eigenvalue weighted by Gasteiger charge is 2.15. The fourth-order valence-electron chi connectivity index (χ4n) is 2.70. The molecule has 1 N–H and O–H groups in total. The molecule has 0 saturated carbocycles. The molecule has 0 radical (unpaired) electrons. The first kappa shape index (κ1) is 15.1. The van der Waals surface area contributed by atoms with Crippen LogP contribution in [-0.4, -0.2) is 25.6 Å². The zero-order valence-electron chi connectivity index (χ0n) is 13.5. The molecule has 124 valence electrons. The third-order valence-corrected chi connectivity index (χ3v) is 3.89. The van der Waals surface area contributed by atoms with E-state index in [2.05, 4.69) is 20.4 Å². The molecule has 3 aromatic heterocycles. The van der Waals surface area contributed by atoms with Gasteiger partial charge < -0.3 is 9.84 Å². The van der Waals surface area contributed by atoms with Crippen LogP contribution in [0.4, 0.5) is 5.69 Å². The number of pyridine rings is 1. The molecule has 7 heteroatoms. The van der Waals surface area contributed by atoms with Crippen molar-refractivity contribution in [1.82, 2.24) is 19.7 Å². The quantitative estimate of drug-likeness (QED) is 0.620. The second-order valence-corrected chi connectivity index (χ2v) is 5.57. The fourth-order valence-corrected chi connectivity index (χ4v) is 2.70. The van der Waals surface area contributed by atoms with E-state index in [1.807, 2.05) is 35.8 Å². The Morgan fingerprint density at radius 2 is 2.04 bits per heavy atom. The number of fused-ring (bicyclic) bond motifs is 1. The van der Waals surface area contributed by atoms with Crippen molar-refractivity contribution in [2.24, 2.45) is 0 Å². The normalized spacial score (nSPS) is 10.9. The molecule has 4 rings (SSSR count). The van der Waals surface area contributed by atoms with Crippen LogP contribution >= 0.6 is 0 Å². The van der Waals surface area contributed by atoms with Gasteiger partial charge in [-0.15, -0.1) is 0 Å². The number of imidazole rings is 1. The van der Waals surface area contributed by atoms with Gasteiger partial charge in [-0.25, -0.2) is 9.97 Å². The highest BCUT2D eigenvalue weighted by molar-refractivity contribution is 5.95. The summed E-state index contributed by atoms with van der Waals surface area (Å²) >= 11 is 0. The maximum Gasteiger partial charge on any atom is 0.230 e. The van der Waals surface area contributed by atoms with Crippen molar-refractivity contribution in [1.29, 1.82) is 0 Å². The Kier molecular flexibility index (Phi) is 3.74. The van der Waals surface area contributed by atoms with Gasteiger partial charge in [-0.3, -0.25) is 9.36 Å². The SMILES string of the molecule is Cc1nccn1-c1ncccc1NC(=O)Cc1noc2ccccc12. The lowest BCUT2D eigenvalue weighted by Gasteiger charge is -2.11. The summed E-state index contributed by atoms with van der Waals surface area (Å²) in [7, 11) is 0. The molecule has 0 aliphatic rings. The van der Waals surface area contributed by atoms with E-state index in [0.717, 1.165) is 11.2 Å². The largest absolute Gasteiger partial charge is 0.356 e. The van der Waals surface area contributed by atoms with Crippen LogP contribution in [0.5, 0.6) is 0 Å². The van der Waals surface area contributed by atoms with E-state index >= 15 is 0 Å². The third kappa shape index (κ3) is 2.87. The summed E-state index contributed by atoms with van der Waals surface area (Å²) in [6.45, 7) is 1.88. The molecule has 0 saturated heterocycles. The lowest BCUT2D eigenvalue weighted by atomic mass is 10.1. The Labute approximate surface area is 143 Å². The second-order valence-electron chi connectivity index (χ2n) is 5.57. The lowest BCUT2D eigenvalue weighted by molar-refractivity contribution is -0.115. The van der Waals surface area contributed by atoms with Crippen LogP contribution in [0, 0.1) is 6.92 Å². The molecule has 4 aromatic rings. The van der Waals surface area contributed by atoms with E-state index in [0.29, 0.717) is 22.8 Å². The number of carbonyl (C=O) groups is 1. The van der Waals surface area contributed by atoms with Crippen LogP contribution < -0.4 is 5.32 Å². The minimum Gasteiger partial charge on any atom is -0.356 e. The molecule has 0 aliphatic heterocycles. The van der Waals surface area contributed by atoms with Gasteiger partial charge >= 0.3 is 0 Å². The second kappa shape index (κ2) is 6.20. The number of aryl methyl sites for hydroxylation is 1. The number of benzene rings is 1. The average molecular weight is 333 g/mol. The zero-order valence-corrected chi connectivity index (χ0v) is 13.5. The Morgan fingerprint density at radius 1 is 1.16 bits per heavy atom. The predicted molar refractivity (Wildman–Crippen MR) is 92.4 cm³/mol. The van der Waals surface area contributed by atoms with E-state index in [9.17, 15) is 4.79 Å². The Morgan fingerprint density at radius 3 is 2.88 bits per heavy atom. The van der Waals surface area contributed by atoms with E-state index in [1.54, 1.807) is 30.7 Å². The number of anilines is 1. The number of hydrogen-bond acceptors (Lipinski definition) is 5. The summed E-state index contributed by atoms with van der Waals surface area (Å²) in [5, 5.41) is 7.74. The molecule has 0 aliphatic carbocycles. The summed E-state index contributed by atoms with van der Waals surface area (Å²) in [6, 6.07) is 11.1. The van der Waals surface area contributed by atoms with Crippen LogP contribution in [0.15, 0.2) is 59.5 Å². The predicted octanol–water partition coefficient (Wildman–Crippen LogP) is 2.90. The van der Waals surface area contributed by atoms with E-state index in [4.69, 9.17) is 4.52 Å². The van der Waals surface area contributed by atoms with E-state index in [-0.39, 0.29) is 12.3 Å². The molecule has 0 bridgehead atoms. The molecule has 0 unspecified atom stereocenters. The van der Waals surface area contributed by atoms with Gasteiger partial charge in [-0.2, -0.15) is 0 Å². The maximum absolute atomic E-state index is 12.5. The van der Waals surface area contributed by atoms with Gasteiger partial charge in [-0.1, -0.05) is 17.3 Å². The van der Waals surface area contributed by atoms with Gasteiger partial charge in [0.15, 0.2) is 11.4 Å². The summed E-state index contributed by atoms with van der Waals surface area (Å²) < 4.78 is 7.06. The van der Waals surface area contributed by atoms with Crippen LogP contribution in [0.2, 0.25) is 0 Å². The van der Waals surface area contributed by atoms with E-state index < -0.39 is 0 Å². The Hall–Kier alpha value is -3.48. The molecule has 3 heterocycles. The summed E-state index contributed by atoms with van der Waals surface area (Å²) in [6.07, 6.45) is 5.29. The van der Waals surface area contributed by atoms with Crippen molar-refractivity contribution >= 4 is 22.6 Å². The minimum atomic E-state index is -0.189. The summed E-state index contributed by atoms with van der Waals surface area (Å²) in [5.74, 6) is 1.22. The minimum absolute atomic E-state index is 0.119. The van der Waals surface area contributed by atoms with Crippen molar-refractivity contribution in [3.8, 4) is 5.82 Å². The number of carbonyl (C=O) groups excluding carboxylic acids is 1. The number of para-hydroxylation sites is 1. The molecule has 1 aromatic carbocycles. The zero-order chi connectivity index (χ0) is 17.2. The smallest absolute Gasteiger partial charge is 0.230 e. The number of nitrogens with one attached hydrogen (secondary N) is 1. The van der Waals surface area contributed by atoms with Crippen LogP contribution in [0.25, 0.3) is 16.8 Å². The van der Waals surface area contributed by atoms with Crippen molar-refractivity contribution in [2.75, 3.05) is 5.32 Å². The monoisotopic (exact) mass is 333 g/mol. The summed E-state index contributed by atoms with van der Waals surface area (Å²) in [5.41, 5.74) is 1.89. The lowest BCUT2D eigenvalue weighted by Crippen LogP contribution is -2.17. The van der Waals surface area contributed by atoms with Crippen LogP contribution in [0.1, 0.15) is 11.5 Å². The standard InChI is InChI=1S/C18H15N5O2/c1-12-19-9-10-23(12)18-14(6-4-8-20-18)21-17(24)11-15-13-5-2-3-7-16(13)25-22-15/h2-10H,11H2,1H3,(H,21,24). The van der Waals surface area contributed by atoms with Crippen LogP contribution in [0.3, 0.4) is 0 Å². The van der Waals surface area contributed by atoms with Gasteiger partial charge in [-0.05, 0) is 31.2 Å². The van der Waals surface area contributed by atoms with Crippen molar-refractivity contribution in [3.05, 3.63) is 66.5 Å². The molecule has 7 nitrogen and oxygen atoms in total. The molecule has 0 spiro atoms. The molecular weight excluding hydrogens is 318 g/mol. The van der Waals surface area contributed by atoms with Gasteiger partial charge in [0, 0.05) is 24.0 Å². The van der Waals surface area contributed by atoms with Crippen molar-refractivity contribution in [2.45, 2.75) is 13.3 Å². The molecular formula is C18H15N5O2. The Balaban J connectivity index is 1.59. The average Bonchev–Trinajstić information content (AvgIpc) is 3.22. The molecule has 1 amide bonds. The highest BCUT2D eigenvalue weighted by atomic mass is 16.5. The van der Waals surface area contributed by atoms with Gasteiger partial charge in [0.2, 0.25) is 5.91 Å². The number of rotatable bonds is 4. The molecule has 25 heavy (non-hydrogen) atoms. The maximum atomic E-state index is 12.5. The fraction of sp³-hybridized carbons (Fsp3) is 0.111. The topological polar surface area (TPSA) is 85.8 Å². The number of aromatic nitrogens is 4. The first-order valence-electron chi connectivity index (χ1n) is 7.81. The number of amides is 1. The first-order valence-corrected chi connectivity index (χ1v) is 7.81. The third-order valence-electron chi connectivity index (χ3n) is 3.89. The molecule has 0 atom stereocenters. The van der Waals surface area contributed by atoms with Crippen molar-refractivity contribution < 1.29 is 9.32 Å². The summed E-state index contributed by atoms with van der Waals surface area (Å²) in [4.78, 5) is 21.0. The van der Waals surface area contributed by atoms with Gasteiger partial charge in [0.1, 0.15) is 11.5 Å².